The maximum Gasteiger partial charge on any atom is 0.307 e. The van der Waals surface area contributed by atoms with Gasteiger partial charge < -0.3 is 10.8 Å². The summed E-state index contributed by atoms with van der Waals surface area (Å²) in [5.41, 5.74) is 6.65. The zero-order chi connectivity index (χ0) is 12.0. The van der Waals surface area contributed by atoms with Gasteiger partial charge in [0.2, 0.25) is 0 Å². The molecule has 0 aliphatic rings. The third-order valence-electron chi connectivity index (χ3n) is 2.02. The van der Waals surface area contributed by atoms with E-state index in [-0.39, 0.29) is 18.7 Å². The van der Waals surface area contributed by atoms with Gasteiger partial charge in [0, 0.05) is 5.56 Å². The van der Waals surface area contributed by atoms with Crippen molar-refractivity contribution in [2.24, 2.45) is 5.73 Å². The number of rotatable bonds is 5. The van der Waals surface area contributed by atoms with Gasteiger partial charge in [-0.15, -0.1) is 0 Å². The molecule has 0 aromatic heterocycles. The Hall–Kier alpha value is -1.94. The Balaban J connectivity index is 2.68. The van der Waals surface area contributed by atoms with Crippen LogP contribution in [0.15, 0.2) is 30.3 Å². The summed E-state index contributed by atoms with van der Waals surface area (Å²) in [6, 6.07) is 6.85. The van der Waals surface area contributed by atoms with E-state index in [0.29, 0.717) is 5.56 Å². The van der Waals surface area contributed by atoms with E-state index in [4.69, 9.17) is 10.8 Å². The number of hydrogen-bond acceptors (Lipinski definition) is 3. The van der Waals surface area contributed by atoms with Crippen LogP contribution in [0.4, 0.5) is 0 Å². The van der Waals surface area contributed by atoms with Gasteiger partial charge in [-0.1, -0.05) is 36.4 Å². The standard InChI is InChI=1S/C12H13NO3/c13-8-11(14)10-6-4-9(5-7-10)2-1-3-12(15)16/h1-2,4-7H,3,8,13H2,(H,15,16). The molecule has 0 heterocycles. The highest BCUT2D eigenvalue weighted by molar-refractivity contribution is 5.97. The molecule has 0 bridgehead atoms. The number of ketones is 1. The molecule has 1 aromatic carbocycles. The Morgan fingerprint density at radius 2 is 1.88 bits per heavy atom. The second-order valence-corrected chi connectivity index (χ2v) is 3.25. The fourth-order valence-electron chi connectivity index (χ4n) is 1.19. The van der Waals surface area contributed by atoms with Crippen LogP contribution in [-0.2, 0) is 4.79 Å². The smallest absolute Gasteiger partial charge is 0.307 e. The molecule has 0 unspecified atom stereocenters. The maximum absolute atomic E-state index is 11.2. The zero-order valence-electron chi connectivity index (χ0n) is 8.72. The summed E-state index contributed by atoms with van der Waals surface area (Å²) >= 11 is 0. The number of nitrogens with two attached hydrogens (primary N) is 1. The lowest BCUT2D eigenvalue weighted by atomic mass is 10.1. The second kappa shape index (κ2) is 5.82. The third kappa shape index (κ3) is 3.67. The molecule has 0 atom stereocenters. The van der Waals surface area contributed by atoms with Gasteiger partial charge >= 0.3 is 5.97 Å². The Labute approximate surface area is 93.4 Å². The Kier molecular flexibility index (Phi) is 4.42. The molecule has 1 aromatic rings. The minimum Gasteiger partial charge on any atom is -0.481 e. The Bertz CT molecular complexity index is 407. The molecule has 0 spiro atoms. The first-order valence-electron chi connectivity index (χ1n) is 4.85. The molecule has 84 valence electrons. The van der Waals surface area contributed by atoms with Gasteiger partial charge in [0.15, 0.2) is 5.78 Å². The summed E-state index contributed by atoms with van der Waals surface area (Å²) in [5, 5.41) is 8.43. The number of aliphatic carboxylic acids is 1. The average Bonchev–Trinajstić information content (AvgIpc) is 2.28. The van der Waals surface area contributed by atoms with E-state index >= 15 is 0 Å². The van der Waals surface area contributed by atoms with Crippen LogP contribution < -0.4 is 5.73 Å². The van der Waals surface area contributed by atoms with Crippen LogP contribution in [0.25, 0.3) is 6.08 Å². The van der Waals surface area contributed by atoms with Crippen molar-refractivity contribution in [1.82, 2.24) is 0 Å². The minimum absolute atomic E-state index is 0.00575. The molecule has 16 heavy (non-hydrogen) atoms. The summed E-state index contributed by atoms with van der Waals surface area (Å²) in [5.74, 6) is -0.979. The molecule has 3 N–H and O–H groups in total. The molecular formula is C12H13NO3. The monoisotopic (exact) mass is 219 g/mol. The van der Waals surface area contributed by atoms with Crippen molar-refractivity contribution >= 4 is 17.8 Å². The van der Waals surface area contributed by atoms with Gasteiger partial charge in [-0.05, 0) is 5.56 Å². The first-order chi connectivity index (χ1) is 7.63. The second-order valence-electron chi connectivity index (χ2n) is 3.25. The average molecular weight is 219 g/mol. The number of carbonyl (C=O) groups is 2. The van der Waals surface area contributed by atoms with E-state index in [9.17, 15) is 9.59 Å². The van der Waals surface area contributed by atoms with E-state index in [0.717, 1.165) is 5.56 Å². The molecule has 0 amide bonds. The molecule has 0 aliphatic heterocycles. The molecular weight excluding hydrogens is 206 g/mol. The predicted octanol–water partition coefficient (Wildman–Crippen LogP) is 1.32. The first-order valence-corrected chi connectivity index (χ1v) is 4.85. The fraction of sp³-hybridized carbons (Fsp3) is 0.167. The third-order valence-corrected chi connectivity index (χ3v) is 2.02. The number of benzene rings is 1. The lowest BCUT2D eigenvalue weighted by Gasteiger charge is -1.98. The highest BCUT2D eigenvalue weighted by Crippen LogP contribution is 2.07. The highest BCUT2D eigenvalue weighted by Gasteiger charge is 2.01. The molecule has 1 rings (SSSR count). The van der Waals surface area contributed by atoms with Crippen molar-refractivity contribution in [3.8, 4) is 0 Å². The van der Waals surface area contributed by atoms with Crippen molar-refractivity contribution in [2.45, 2.75) is 6.42 Å². The summed E-state index contributed by atoms with van der Waals surface area (Å²) in [4.78, 5) is 21.5. The van der Waals surface area contributed by atoms with E-state index in [1.54, 1.807) is 36.4 Å². The van der Waals surface area contributed by atoms with Gasteiger partial charge in [-0.2, -0.15) is 0 Å². The minimum atomic E-state index is -0.869. The van der Waals surface area contributed by atoms with Crippen LogP contribution in [0.1, 0.15) is 22.3 Å². The van der Waals surface area contributed by atoms with Gasteiger partial charge in [-0.25, -0.2) is 0 Å². The van der Waals surface area contributed by atoms with Crippen molar-refractivity contribution in [3.05, 3.63) is 41.5 Å². The summed E-state index contributed by atoms with van der Waals surface area (Å²) < 4.78 is 0. The first kappa shape index (κ1) is 12.1. The molecule has 4 nitrogen and oxygen atoms in total. The summed E-state index contributed by atoms with van der Waals surface area (Å²) in [6.07, 6.45) is 3.25. The number of carbonyl (C=O) groups excluding carboxylic acids is 1. The van der Waals surface area contributed by atoms with Crippen LogP contribution in [0.5, 0.6) is 0 Å². The van der Waals surface area contributed by atoms with Crippen LogP contribution in [0, 0.1) is 0 Å². The Morgan fingerprint density at radius 3 is 2.38 bits per heavy atom. The maximum atomic E-state index is 11.2. The summed E-state index contributed by atoms with van der Waals surface area (Å²) in [6.45, 7) is -0.00575. The van der Waals surface area contributed by atoms with E-state index in [1.807, 2.05) is 0 Å². The predicted molar refractivity (Wildman–Crippen MR) is 61.1 cm³/mol. The van der Waals surface area contributed by atoms with Crippen LogP contribution in [0.2, 0.25) is 0 Å². The quantitative estimate of drug-likeness (QED) is 0.732. The topological polar surface area (TPSA) is 80.4 Å². The SMILES string of the molecule is NCC(=O)c1ccc(C=CCC(=O)O)cc1. The molecule has 4 heteroatoms. The molecule has 0 saturated carbocycles. The van der Waals surface area contributed by atoms with Crippen molar-refractivity contribution in [1.29, 1.82) is 0 Å². The lowest BCUT2D eigenvalue weighted by Crippen LogP contribution is -2.13. The van der Waals surface area contributed by atoms with Crippen LogP contribution in [-0.4, -0.2) is 23.4 Å². The number of carboxylic acid groups (broad SMARTS) is 1. The normalized spacial score (nSPS) is 10.6. The number of Topliss-reactive ketones (excluding diaryl/α,β-unsaturated/α-hetero) is 1. The van der Waals surface area contributed by atoms with Crippen LogP contribution in [0.3, 0.4) is 0 Å². The van der Waals surface area contributed by atoms with Crippen molar-refractivity contribution < 1.29 is 14.7 Å². The molecule has 0 radical (unpaired) electrons. The van der Waals surface area contributed by atoms with Gasteiger partial charge in [0.05, 0.1) is 13.0 Å². The van der Waals surface area contributed by atoms with Gasteiger partial charge in [0.1, 0.15) is 0 Å². The van der Waals surface area contributed by atoms with Crippen molar-refractivity contribution in [3.63, 3.8) is 0 Å². The molecule has 0 aliphatic carbocycles. The van der Waals surface area contributed by atoms with Crippen LogP contribution >= 0.6 is 0 Å². The Morgan fingerprint density at radius 1 is 1.25 bits per heavy atom. The van der Waals surface area contributed by atoms with Gasteiger partial charge in [-0.3, -0.25) is 9.59 Å². The molecule has 0 fully saturated rings. The number of carboxylic acids is 1. The van der Waals surface area contributed by atoms with E-state index in [2.05, 4.69) is 0 Å². The van der Waals surface area contributed by atoms with Gasteiger partial charge in [0.25, 0.3) is 0 Å². The highest BCUT2D eigenvalue weighted by atomic mass is 16.4. The van der Waals surface area contributed by atoms with Crippen molar-refractivity contribution in [2.75, 3.05) is 6.54 Å². The van der Waals surface area contributed by atoms with E-state index < -0.39 is 5.97 Å². The molecule has 0 saturated heterocycles. The lowest BCUT2D eigenvalue weighted by molar-refractivity contribution is -0.135. The zero-order valence-corrected chi connectivity index (χ0v) is 8.72. The number of hydrogen-bond donors (Lipinski definition) is 2. The fourth-order valence-corrected chi connectivity index (χ4v) is 1.19. The largest absolute Gasteiger partial charge is 0.481 e. The summed E-state index contributed by atoms with van der Waals surface area (Å²) in [7, 11) is 0. The van der Waals surface area contributed by atoms with E-state index in [1.165, 1.54) is 0 Å².